The Morgan fingerprint density at radius 2 is 1.38 bits per heavy atom. The van der Waals surface area contributed by atoms with Crippen LogP contribution in [-0.2, 0) is 9.53 Å². The highest BCUT2D eigenvalue weighted by molar-refractivity contribution is 5.90. The van der Waals surface area contributed by atoms with Gasteiger partial charge in [0.2, 0.25) is 0 Å². The third-order valence-electron chi connectivity index (χ3n) is 3.85. The molecule has 0 saturated carbocycles. The molecule has 0 radical (unpaired) electrons. The molecule has 0 atom stereocenters. The number of rotatable bonds is 8. The summed E-state index contributed by atoms with van der Waals surface area (Å²) in [6, 6.07) is 24.9. The Hall–Kier alpha value is -3.86. The summed E-state index contributed by atoms with van der Waals surface area (Å²) in [5.74, 6) is 0.0958. The molecule has 0 aromatic heterocycles. The quantitative estimate of drug-likeness (QED) is 0.245. The highest BCUT2D eigenvalue weighted by Gasteiger charge is 2.08. The third kappa shape index (κ3) is 6.66. The number of hydrogen-bond acceptors (Lipinski definition) is 5. The number of esters is 2. The molecule has 5 heteroatoms. The lowest BCUT2D eigenvalue weighted by atomic mass is 10.2. The van der Waals surface area contributed by atoms with Gasteiger partial charge in [0.25, 0.3) is 0 Å². The summed E-state index contributed by atoms with van der Waals surface area (Å²) in [5.41, 5.74) is 1.27. The van der Waals surface area contributed by atoms with Gasteiger partial charge in [0, 0.05) is 6.08 Å². The van der Waals surface area contributed by atoms with Crippen molar-refractivity contribution in [2.45, 2.75) is 0 Å². The van der Waals surface area contributed by atoms with Crippen molar-refractivity contribution in [2.24, 2.45) is 0 Å². The van der Waals surface area contributed by atoms with Gasteiger partial charge in [-0.05, 0) is 48.0 Å². The second kappa shape index (κ2) is 10.5. The molecule has 0 amide bonds. The monoisotopic (exact) mass is 388 g/mol. The number of benzene rings is 3. The molecule has 29 heavy (non-hydrogen) atoms. The minimum atomic E-state index is -0.498. The third-order valence-corrected chi connectivity index (χ3v) is 3.85. The molecule has 0 spiro atoms. The van der Waals surface area contributed by atoms with Gasteiger partial charge in [-0.15, -0.1) is 0 Å². The van der Waals surface area contributed by atoms with Crippen molar-refractivity contribution in [3.63, 3.8) is 0 Å². The molecule has 0 saturated heterocycles. The van der Waals surface area contributed by atoms with Gasteiger partial charge in [0.05, 0.1) is 5.56 Å². The smallest absolute Gasteiger partial charge is 0.338 e. The fraction of sp³-hybridized carbons (Fsp3) is 0.0833. The van der Waals surface area contributed by atoms with Gasteiger partial charge in [-0.2, -0.15) is 0 Å². The lowest BCUT2D eigenvalue weighted by Crippen LogP contribution is -2.12. The molecule has 3 aromatic rings. The summed E-state index contributed by atoms with van der Waals surface area (Å²) in [6.07, 6.45) is 3.02. The van der Waals surface area contributed by atoms with Gasteiger partial charge in [-0.1, -0.05) is 48.5 Å². The molecular formula is C24H20O5. The SMILES string of the molecule is O=C(/C=C/c1ccccc1)Oc1ccc(C(=O)OCCOc2ccccc2)cc1. The average Bonchev–Trinajstić information content (AvgIpc) is 2.77. The van der Waals surface area contributed by atoms with Crippen LogP contribution >= 0.6 is 0 Å². The Balaban J connectivity index is 1.43. The Morgan fingerprint density at radius 1 is 0.724 bits per heavy atom. The average molecular weight is 388 g/mol. The highest BCUT2D eigenvalue weighted by Crippen LogP contribution is 2.14. The summed E-state index contributed by atoms with van der Waals surface area (Å²) in [6.45, 7) is 0.397. The van der Waals surface area contributed by atoms with Crippen LogP contribution in [0.3, 0.4) is 0 Å². The van der Waals surface area contributed by atoms with E-state index in [-0.39, 0.29) is 13.2 Å². The van der Waals surface area contributed by atoms with Gasteiger partial charge in [-0.25, -0.2) is 9.59 Å². The molecule has 0 aliphatic heterocycles. The minimum absolute atomic E-state index is 0.134. The molecule has 0 fully saturated rings. The number of para-hydroxylation sites is 1. The van der Waals surface area contributed by atoms with Crippen LogP contribution in [0.5, 0.6) is 11.5 Å². The van der Waals surface area contributed by atoms with Crippen LogP contribution in [0.1, 0.15) is 15.9 Å². The minimum Gasteiger partial charge on any atom is -0.490 e. The van der Waals surface area contributed by atoms with E-state index in [1.165, 1.54) is 6.08 Å². The Bertz CT molecular complexity index is 948. The number of carbonyl (C=O) groups excluding carboxylic acids is 2. The topological polar surface area (TPSA) is 61.8 Å². The fourth-order valence-electron chi connectivity index (χ4n) is 2.43. The molecule has 0 bridgehead atoms. The first-order valence-electron chi connectivity index (χ1n) is 9.11. The number of carbonyl (C=O) groups is 2. The van der Waals surface area contributed by atoms with Gasteiger partial charge >= 0.3 is 11.9 Å². The predicted octanol–water partition coefficient (Wildman–Crippen LogP) is 4.54. The van der Waals surface area contributed by atoms with Crippen LogP contribution in [-0.4, -0.2) is 25.2 Å². The Morgan fingerprint density at radius 3 is 2.07 bits per heavy atom. The van der Waals surface area contributed by atoms with Crippen LogP contribution in [0.15, 0.2) is 91.0 Å². The van der Waals surface area contributed by atoms with Crippen LogP contribution in [0.2, 0.25) is 0 Å². The van der Waals surface area contributed by atoms with Gasteiger partial charge < -0.3 is 14.2 Å². The lowest BCUT2D eigenvalue weighted by Gasteiger charge is -2.08. The van der Waals surface area contributed by atoms with Gasteiger partial charge in [0.15, 0.2) is 0 Å². The predicted molar refractivity (Wildman–Crippen MR) is 110 cm³/mol. The summed E-state index contributed by atoms with van der Waals surface area (Å²) < 4.78 is 15.9. The zero-order valence-corrected chi connectivity index (χ0v) is 15.7. The molecule has 146 valence electrons. The van der Waals surface area contributed by atoms with Crippen molar-refractivity contribution in [3.8, 4) is 11.5 Å². The van der Waals surface area contributed by atoms with E-state index >= 15 is 0 Å². The van der Waals surface area contributed by atoms with Crippen LogP contribution in [0.25, 0.3) is 6.08 Å². The molecule has 5 nitrogen and oxygen atoms in total. The van der Waals surface area contributed by atoms with Crippen molar-refractivity contribution in [1.29, 1.82) is 0 Å². The van der Waals surface area contributed by atoms with E-state index < -0.39 is 11.9 Å². The number of hydrogen-bond donors (Lipinski definition) is 0. The van der Waals surface area contributed by atoms with Gasteiger partial charge in [-0.3, -0.25) is 0 Å². The second-order valence-corrected chi connectivity index (χ2v) is 5.99. The maximum absolute atomic E-state index is 12.1. The molecular weight excluding hydrogens is 368 g/mol. The van der Waals surface area contributed by atoms with Crippen LogP contribution in [0.4, 0.5) is 0 Å². The first kappa shape index (κ1) is 19.9. The molecule has 0 heterocycles. The molecule has 0 unspecified atom stereocenters. The normalized spacial score (nSPS) is 10.5. The van der Waals surface area contributed by atoms with Crippen molar-refractivity contribution in [3.05, 3.63) is 102 Å². The van der Waals surface area contributed by atoms with Crippen molar-refractivity contribution in [1.82, 2.24) is 0 Å². The first-order chi connectivity index (χ1) is 14.2. The van der Waals surface area contributed by atoms with Crippen molar-refractivity contribution >= 4 is 18.0 Å². The fourth-order valence-corrected chi connectivity index (χ4v) is 2.43. The van der Waals surface area contributed by atoms with E-state index in [1.807, 2.05) is 60.7 Å². The van der Waals surface area contributed by atoms with E-state index in [4.69, 9.17) is 14.2 Å². The van der Waals surface area contributed by atoms with Crippen molar-refractivity contribution in [2.75, 3.05) is 13.2 Å². The zero-order chi connectivity index (χ0) is 20.3. The number of ether oxygens (including phenoxy) is 3. The van der Waals surface area contributed by atoms with Crippen LogP contribution in [0, 0.1) is 0 Å². The molecule has 3 aromatic carbocycles. The van der Waals surface area contributed by atoms with E-state index in [0.29, 0.717) is 11.3 Å². The summed E-state index contributed by atoms with van der Waals surface area (Å²) in [4.78, 5) is 23.9. The van der Waals surface area contributed by atoms with E-state index in [1.54, 1.807) is 30.3 Å². The highest BCUT2D eigenvalue weighted by atomic mass is 16.6. The molecule has 3 rings (SSSR count). The maximum atomic E-state index is 12.1. The largest absolute Gasteiger partial charge is 0.490 e. The second-order valence-electron chi connectivity index (χ2n) is 5.99. The summed E-state index contributed by atoms with van der Waals surface area (Å²) >= 11 is 0. The standard InChI is InChI=1S/C24H20O5/c25-23(16-11-19-7-3-1-4-8-19)29-22-14-12-20(13-15-22)24(26)28-18-17-27-21-9-5-2-6-10-21/h1-16H,17-18H2/b16-11+. The molecule has 0 aliphatic carbocycles. The maximum Gasteiger partial charge on any atom is 0.338 e. The Labute approximate surface area is 169 Å². The van der Waals surface area contributed by atoms with Gasteiger partial charge in [0.1, 0.15) is 24.7 Å². The lowest BCUT2D eigenvalue weighted by molar-refractivity contribution is -0.128. The van der Waals surface area contributed by atoms with Crippen molar-refractivity contribution < 1.29 is 23.8 Å². The summed E-state index contributed by atoms with van der Waals surface area (Å²) in [7, 11) is 0. The zero-order valence-electron chi connectivity index (χ0n) is 15.7. The molecule has 0 aliphatic rings. The first-order valence-corrected chi connectivity index (χ1v) is 9.11. The van der Waals surface area contributed by atoms with E-state index in [2.05, 4.69) is 0 Å². The Kier molecular flexibility index (Phi) is 7.18. The molecule has 0 N–H and O–H groups in total. The summed E-state index contributed by atoms with van der Waals surface area (Å²) in [5, 5.41) is 0. The van der Waals surface area contributed by atoms with E-state index in [9.17, 15) is 9.59 Å². The van der Waals surface area contributed by atoms with E-state index in [0.717, 1.165) is 11.3 Å². The van der Waals surface area contributed by atoms with Crippen LogP contribution < -0.4 is 9.47 Å².